The minimum absolute atomic E-state index is 0.0187. The fourth-order valence-electron chi connectivity index (χ4n) is 8.25. The molecule has 4 heterocycles. The maximum absolute atomic E-state index is 13.3. The normalized spacial score (nSPS) is 60.1. The number of aliphatic hydroxyl groups is 1. The Hall–Kier alpha value is -1.18. The molecule has 8 unspecified atom stereocenters. The van der Waals surface area contributed by atoms with Crippen LogP contribution in [0.25, 0.3) is 0 Å². The van der Waals surface area contributed by atoms with E-state index in [9.17, 15) is 14.7 Å². The van der Waals surface area contributed by atoms with Crippen LogP contribution in [-0.2, 0) is 28.5 Å². The number of carbonyl (C=O) groups excluding carboxylic acids is 2. The van der Waals surface area contributed by atoms with E-state index in [1.807, 2.05) is 6.92 Å². The molecule has 1 N–H and O–H groups in total. The lowest BCUT2D eigenvalue weighted by Gasteiger charge is -2.46. The molecule has 7 heteroatoms. The van der Waals surface area contributed by atoms with Crippen molar-refractivity contribution in [3.8, 4) is 0 Å². The summed E-state index contributed by atoms with van der Waals surface area (Å²) in [4.78, 5) is 25.7. The highest BCUT2D eigenvalue weighted by atomic mass is 16.7. The average molecular weight is 378 g/mol. The van der Waals surface area contributed by atoms with Crippen LogP contribution in [0.2, 0.25) is 0 Å². The Morgan fingerprint density at radius 3 is 2.63 bits per heavy atom. The molecule has 27 heavy (non-hydrogen) atoms. The van der Waals surface area contributed by atoms with E-state index in [2.05, 4.69) is 20.8 Å². The van der Waals surface area contributed by atoms with Gasteiger partial charge >= 0.3 is 11.9 Å². The van der Waals surface area contributed by atoms with Crippen LogP contribution in [0, 0.1) is 34.0 Å². The summed E-state index contributed by atoms with van der Waals surface area (Å²) in [5.41, 5.74) is -3.22. The third-order valence-corrected chi connectivity index (χ3v) is 8.72. The van der Waals surface area contributed by atoms with Crippen molar-refractivity contribution in [3.05, 3.63) is 0 Å². The number of rotatable bonds is 0. The Balaban J connectivity index is 1.67. The second-order valence-electron chi connectivity index (χ2n) is 10.6. The average Bonchev–Trinajstić information content (AvgIpc) is 3.28. The number of ether oxygens (including phenoxy) is 4. The number of hydrogen-bond acceptors (Lipinski definition) is 7. The molecular weight excluding hydrogens is 352 g/mol. The molecule has 4 aliphatic heterocycles. The van der Waals surface area contributed by atoms with Crippen molar-refractivity contribution in [2.24, 2.45) is 34.0 Å². The van der Waals surface area contributed by atoms with Gasteiger partial charge < -0.3 is 24.1 Å². The topological polar surface area (TPSA) is 91.3 Å². The van der Waals surface area contributed by atoms with Crippen LogP contribution < -0.4 is 0 Å². The summed E-state index contributed by atoms with van der Waals surface area (Å²) in [6, 6.07) is 0. The second-order valence-corrected chi connectivity index (χ2v) is 10.6. The van der Waals surface area contributed by atoms with Crippen molar-refractivity contribution in [1.29, 1.82) is 0 Å². The zero-order chi connectivity index (χ0) is 19.1. The molecule has 6 fully saturated rings. The minimum Gasteiger partial charge on any atom is -0.459 e. The van der Waals surface area contributed by atoms with Crippen molar-refractivity contribution < 1.29 is 33.6 Å². The second kappa shape index (κ2) is 4.36. The van der Waals surface area contributed by atoms with Crippen molar-refractivity contribution >= 4 is 11.9 Å². The SMILES string of the molecule is CC1COC2C1C13OC4OC(=O)CC45[C@H](C(C)(C)C)CC(OC1=O)C35[C@H]2O. The molecule has 0 aromatic rings. The van der Waals surface area contributed by atoms with E-state index in [1.165, 1.54) is 0 Å². The van der Waals surface area contributed by atoms with Crippen LogP contribution >= 0.6 is 0 Å². The van der Waals surface area contributed by atoms with Gasteiger partial charge in [0.25, 0.3) is 0 Å². The lowest BCUT2D eigenvalue weighted by Crippen LogP contribution is -2.59. The molecule has 2 spiro atoms. The van der Waals surface area contributed by atoms with Crippen LogP contribution in [0.1, 0.15) is 40.5 Å². The smallest absolute Gasteiger partial charge is 0.340 e. The van der Waals surface area contributed by atoms with Crippen LogP contribution in [0.15, 0.2) is 0 Å². The van der Waals surface area contributed by atoms with E-state index < -0.39 is 47.0 Å². The Labute approximate surface area is 157 Å². The summed E-state index contributed by atoms with van der Waals surface area (Å²) < 4.78 is 24.0. The van der Waals surface area contributed by atoms with Crippen molar-refractivity contribution in [3.63, 3.8) is 0 Å². The Morgan fingerprint density at radius 1 is 1.19 bits per heavy atom. The van der Waals surface area contributed by atoms with Gasteiger partial charge in [0.1, 0.15) is 6.10 Å². The molecule has 6 rings (SSSR count). The lowest BCUT2D eigenvalue weighted by molar-refractivity contribution is -0.207. The summed E-state index contributed by atoms with van der Waals surface area (Å²) in [6.07, 6.45) is -1.92. The standard InChI is InChI=1S/C20H26O7/c1-8-7-24-13-12(8)20-15(23)25-10-5-9(17(2,3)4)18(19(10,20)14(13)22)6-11(21)26-16(18)27-20/h8-10,12-14,16,22H,5-7H2,1-4H3/t8?,9-,10?,12?,13?,14-,16?,18?,19?,20?/m0/s1. The molecule has 10 atom stereocenters. The zero-order valence-electron chi connectivity index (χ0n) is 16.1. The Morgan fingerprint density at radius 2 is 1.93 bits per heavy atom. The highest BCUT2D eigenvalue weighted by Gasteiger charge is 2.97. The third kappa shape index (κ3) is 1.35. The molecule has 0 aromatic carbocycles. The Kier molecular flexibility index (Phi) is 2.71. The van der Waals surface area contributed by atoms with Crippen LogP contribution in [-0.4, -0.2) is 53.9 Å². The van der Waals surface area contributed by atoms with Crippen LogP contribution in [0.3, 0.4) is 0 Å². The fourth-order valence-corrected chi connectivity index (χ4v) is 8.25. The molecule has 7 nitrogen and oxygen atoms in total. The predicted octanol–water partition coefficient (Wildman–Crippen LogP) is 1.02. The van der Waals surface area contributed by atoms with Gasteiger partial charge in [-0.3, -0.25) is 4.79 Å². The van der Waals surface area contributed by atoms with Gasteiger partial charge in [-0.25, -0.2) is 4.79 Å². The first-order valence-corrected chi connectivity index (χ1v) is 10.0. The first-order chi connectivity index (χ1) is 12.6. The molecule has 0 radical (unpaired) electrons. The maximum atomic E-state index is 13.3. The van der Waals surface area contributed by atoms with Crippen molar-refractivity contribution in [1.82, 2.24) is 0 Å². The van der Waals surface area contributed by atoms with Crippen LogP contribution in [0.5, 0.6) is 0 Å². The van der Waals surface area contributed by atoms with Crippen molar-refractivity contribution in [2.45, 2.75) is 70.7 Å². The fraction of sp³-hybridized carbons (Fsp3) is 0.900. The lowest BCUT2D eigenvalue weighted by atomic mass is 9.52. The number of esters is 2. The Bertz CT molecular complexity index is 773. The van der Waals surface area contributed by atoms with E-state index >= 15 is 0 Å². The molecule has 2 aliphatic carbocycles. The summed E-state index contributed by atoms with van der Waals surface area (Å²) in [5.74, 6) is -0.949. The molecular formula is C20H26O7. The van der Waals surface area contributed by atoms with Gasteiger partial charge in [0.05, 0.1) is 36.1 Å². The molecule has 2 saturated carbocycles. The van der Waals surface area contributed by atoms with E-state index in [0.29, 0.717) is 13.0 Å². The summed E-state index contributed by atoms with van der Waals surface area (Å²) in [5, 5.41) is 11.6. The number of aliphatic hydroxyl groups excluding tert-OH is 1. The van der Waals surface area contributed by atoms with Gasteiger partial charge in [-0.05, 0) is 23.7 Å². The quantitative estimate of drug-likeness (QED) is 0.629. The van der Waals surface area contributed by atoms with Crippen molar-refractivity contribution in [2.75, 3.05) is 6.61 Å². The molecule has 6 aliphatic rings. The van der Waals surface area contributed by atoms with E-state index in [1.54, 1.807) is 0 Å². The first-order valence-electron chi connectivity index (χ1n) is 10.0. The van der Waals surface area contributed by atoms with Crippen LogP contribution in [0.4, 0.5) is 0 Å². The summed E-state index contributed by atoms with van der Waals surface area (Å²) in [6.45, 7) is 8.90. The number of carbonyl (C=O) groups is 2. The monoisotopic (exact) mass is 378 g/mol. The van der Waals surface area contributed by atoms with E-state index in [4.69, 9.17) is 18.9 Å². The predicted molar refractivity (Wildman–Crippen MR) is 89.0 cm³/mol. The van der Waals surface area contributed by atoms with Gasteiger partial charge in [-0.1, -0.05) is 27.7 Å². The summed E-state index contributed by atoms with van der Waals surface area (Å²) in [7, 11) is 0. The van der Waals surface area contributed by atoms with E-state index in [0.717, 1.165) is 0 Å². The minimum atomic E-state index is -1.29. The maximum Gasteiger partial charge on any atom is 0.340 e. The molecule has 0 aromatic heterocycles. The molecule has 148 valence electrons. The van der Waals surface area contributed by atoms with Gasteiger partial charge in [-0.2, -0.15) is 0 Å². The molecule has 4 saturated heterocycles. The molecule has 0 bridgehead atoms. The van der Waals surface area contributed by atoms with Gasteiger partial charge in [-0.15, -0.1) is 0 Å². The number of hydrogen-bond donors (Lipinski definition) is 1. The van der Waals surface area contributed by atoms with Gasteiger partial charge in [0.2, 0.25) is 6.29 Å². The largest absolute Gasteiger partial charge is 0.459 e. The zero-order valence-corrected chi connectivity index (χ0v) is 16.1. The van der Waals surface area contributed by atoms with Gasteiger partial charge in [0, 0.05) is 5.92 Å². The highest BCUT2D eigenvalue weighted by molar-refractivity contribution is 5.89. The molecule has 0 amide bonds. The van der Waals surface area contributed by atoms with Gasteiger partial charge in [0.15, 0.2) is 5.60 Å². The van der Waals surface area contributed by atoms with E-state index in [-0.39, 0.29) is 35.6 Å². The first kappa shape index (κ1) is 16.7. The third-order valence-electron chi connectivity index (χ3n) is 8.72. The number of fused-ring (bicyclic) bond motifs is 1. The highest BCUT2D eigenvalue weighted by Crippen LogP contribution is 2.83. The summed E-state index contributed by atoms with van der Waals surface area (Å²) >= 11 is 0.